The lowest BCUT2D eigenvalue weighted by Crippen LogP contribution is -2.26. The molecule has 1 amide bonds. The van der Waals surface area contributed by atoms with Crippen molar-refractivity contribution in [3.63, 3.8) is 0 Å². The first kappa shape index (κ1) is 32.0. The van der Waals surface area contributed by atoms with E-state index in [4.69, 9.17) is 14.6 Å². The van der Waals surface area contributed by atoms with Crippen LogP contribution >= 0.6 is 23.3 Å². The third-order valence-electron chi connectivity index (χ3n) is 6.98. The summed E-state index contributed by atoms with van der Waals surface area (Å²) in [5.74, 6) is 0.880. The molecule has 224 valence electrons. The Balaban J connectivity index is 0.00000135. The van der Waals surface area contributed by atoms with Crippen molar-refractivity contribution in [1.82, 2.24) is 14.6 Å². The lowest BCUT2D eigenvalue weighted by molar-refractivity contribution is -0.122. The number of fused-ring (bicyclic) bond motifs is 1. The number of hydrogen-bond donors (Lipinski definition) is 2. The lowest BCUT2D eigenvalue weighted by atomic mass is 9.93. The molecule has 4 aromatic rings. The van der Waals surface area contributed by atoms with E-state index >= 15 is 0 Å². The van der Waals surface area contributed by atoms with E-state index < -0.39 is 0 Å². The van der Waals surface area contributed by atoms with Crippen LogP contribution in [0.1, 0.15) is 53.7 Å². The van der Waals surface area contributed by atoms with Gasteiger partial charge in [0.25, 0.3) is 12.4 Å². The number of carboxylic acid groups (broad SMARTS) is 1. The molecule has 0 bridgehead atoms. The number of allylic oxidation sites excluding steroid dienone is 1. The number of aromatic nitrogens is 1. The molecule has 0 saturated carbocycles. The lowest BCUT2D eigenvalue weighted by Gasteiger charge is -2.30. The third kappa shape index (κ3) is 9.03. The molecule has 0 saturated heterocycles. The average molecular weight is 616 g/mol. The molecule has 3 heterocycles. The van der Waals surface area contributed by atoms with Crippen LogP contribution in [0.15, 0.2) is 95.1 Å². The second-order valence-electron chi connectivity index (χ2n) is 9.83. The molecule has 1 aliphatic heterocycles. The Morgan fingerprint density at radius 1 is 1.12 bits per heavy atom. The molecule has 0 unspecified atom stereocenters. The van der Waals surface area contributed by atoms with Gasteiger partial charge < -0.3 is 15.2 Å². The van der Waals surface area contributed by atoms with Crippen LogP contribution in [-0.2, 0) is 24.2 Å². The van der Waals surface area contributed by atoms with Crippen molar-refractivity contribution in [1.29, 1.82) is 0 Å². The average Bonchev–Trinajstić information content (AvgIpc) is 3.51. The van der Waals surface area contributed by atoms with Crippen LogP contribution in [-0.4, -0.2) is 39.9 Å². The van der Waals surface area contributed by atoms with E-state index in [2.05, 4.69) is 51.9 Å². The molecule has 5 rings (SSSR count). The summed E-state index contributed by atoms with van der Waals surface area (Å²) in [6.07, 6.45) is 9.46. The van der Waals surface area contributed by atoms with Crippen LogP contribution in [0.4, 0.5) is 0 Å². The number of aryl methyl sites for hydroxylation is 1. The summed E-state index contributed by atoms with van der Waals surface area (Å²) in [5.41, 5.74) is 6.85. The zero-order valence-corrected chi connectivity index (χ0v) is 26.1. The van der Waals surface area contributed by atoms with Crippen molar-refractivity contribution in [3.8, 4) is 16.2 Å². The summed E-state index contributed by atoms with van der Waals surface area (Å²) in [5, 5.41) is 9.92. The van der Waals surface area contributed by atoms with Gasteiger partial charge in [-0.2, -0.15) is 0 Å². The summed E-state index contributed by atoms with van der Waals surface area (Å²) in [6.45, 7) is 6.32. The van der Waals surface area contributed by atoms with E-state index in [0.717, 1.165) is 49.4 Å². The molecule has 7 nitrogen and oxygen atoms in total. The first-order valence-corrected chi connectivity index (χ1v) is 15.9. The molecule has 9 heteroatoms. The summed E-state index contributed by atoms with van der Waals surface area (Å²) in [7, 11) is 0. The number of pyridine rings is 1. The minimum atomic E-state index is -0.250. The van der Waals surface area contributed by atoms with E-state index in [1.165, 1.54) is 25.8 Å². The zero-order valence-electron chi connectivity index (χ0n) is 24.5. The van der Waals surface area contributed by atoms with Gasteiger partial charge in [0.1, 0.15) is 5.75 Å². The van der Waals surface area contributed by atoms with Crippen molar-refractivity contribution >= 4 is 35.7 Å². The number of hydrogen-bond acceptors (Lipinski definition) is 7. The van der Waals surface area contributed by atoms with E-state index in [0.29, 0.717) is 18.6 Å². The van der Waals surface area contributed by atoms with Gasteiger partial charge in [-0.3, -0.25) is 14.6 Å². The van der Waals surface area contributed by atoms with Crippen LogP contribution in [0.25, 0.3) is 10.4 Å². The van der Waals surface area contributed by atoms with Crippen LogP contribution in [0.5, 0.6) is 5.75 Å². The van der Waals surface area contributed by atoms with Crippen LogP contribution in [0, 0.1) is 0 Å². The van der Waals surface area contributed by atoms with Gasteiger partial charge in [-0.15, -0.1) is 11.3 Å². The zero-order chi connectivity index (χ0) is 30.4. The maximum Gasteiger partial charge on any atom is 0.290 e. The molecule has 0 atom stereocenters. The first-order valence-electron chi connectivity index (χ1n) is 14.3. The van der Waals surface area contributed by atoms with Crippen molar-refractivity contribution in [2.75, 3.05) is 13.2 Å². The van der Waals surface area contributed by atoms with Crippen molar-refractivity contribution in [2.24, 2.45) is 0 Å². The Morgan fingerprint density at radius 3 is 2.65 bits per heavy atom. The number of carbonyl (C=O) groups excluding carboxylic acids is 1. The van der Waals surface area contributed by atoms with Crippen LogP contribution in [0.2, 0.25) is 0 Å². The third-order valence-corrected chi connectivity index (χ3v) is 9.27. The highest BCUT2D eigenvalue weighted by Crippen LogP contribution is 2.39. The molecule has 1 aliphatic rings. The normalized spacial score (nSPS) is 12.9. The fraction of sp³-hybridized carbons (Fsp3) is 0.265. The maximum atomic E-state index is 12.6. The van der Waals surface area contributed by atoms with E-state index in [-0.39, 0.29) is 12.4 Å². The Morgan fingerprint density at radius 2 is 1.93 bits per heavy atom. The minimum absolute atomic E-state index is 0.0918. The molecule has 2 aromatic heterocycles. The topological polar surface area (TPSA) is 91.8 Å². The number of rotatable bonds is 11. The van der Waals surface area contributed by atoms with E-state index in [1.54, 1.807) is 0 Å². The van der Waals surface area contributed by atoms with Gasteiger partial charge >= 0.3 is 0 Å². The van der Waals surface area contributed by atoms with Gasteiger partial charge in [-0.25, -0.2) is 4.31 Å². The van der Waals surface area contributed by atoms with Gasteiger partial charge in [0.15, 0.2) is 0 Å². The number of thiophene rings is 1. The maximum absolute atomic E-state index is 12.6. The van der Waals surface area contributed by atoms with E-state index in [9.17, 15) is 4.79 Å². The largest absolute Gasteiger partial charge is 0.493 e. The van der Waals surface area contributed by atoms with Crippen molar-refractivity contribution < 1.29 is 19.4 Å². The summed E-state index contributed by atoms with van der Waals surface area (Å²) < 4.78 is 10.1. The standard InChI is InChI=1S/C33H35N3O2S2.CH2O2/c1-3-9-24-13-14-30(38-21-18-27(4-2)35-33(37)25-10-6-5-7-11-25)28-17-20-36(23-29(24)28)40-32-16-15-31(39-32)26-12-8-19-34-22-26;2-1-3/h4-8,10-16,19,22H,3,9,17-18,20-21,23H2,1-2H3,(H,35,37);1H,(H,2,3)/b27-4+;. The second kappa shape index (κ2) is 16.6. The highest BCUT2D eigenvalue weighted by Gasteiger charge is 2.24. The van der Waals surface area contributed by atoms with Gasteiger partial charge in [0.05, 0.1) is 10.8 Å². The van der Waals surface area contributed by atoms with Crippen molar-refractivity contribution in [2.45, 2.75) is 50.3 Å². The van der Waals surface area contributed by atoms with Crippen molar-refractivity contribution in [3.05, 3.63) is 113 Å². The Labute approximate surface area is 261 Å². The fourth-order valence-corrected chi connectivity index (χ4v) is 7.14. The molecule has 2 aromatic carbocycles. The molecule has 0 spiro atoms. The van der Waals surface area contributed by atoms with Gasteiger partial charge in [0.2, 0.25) is 0 Å². The summed E-state index contributed by atoms with van der Waals surface area (Å²) >= 11 is 3.67. The molecular weight excluding hydrogens is 579 g/mol. The number of nitrogens with one attached hydrogen (secondary N) is 1. The molecule has 0 radical (unpaired) electrons. The SMILES string of the molecule is C/C=C(\CCOc1ccc(CCC)c2c1CCN(Sc1ccc(-c3cccnc3)s1)C2)NC(=O)c1ccccc1.O=CO. The van der Waals surface area contributed by atoms with E-state index in [1.807, 2.05) is 85.1 Å². The molecule has 43 heavy (non-hydrogen) atoms. The summed E-state index contributed by atoms with van der Waals surface area (Å²) in [4.78, 5) is 26.4. The number of nitrogens with zero attached hydrogens (tertiary/aromatic N) is 2. The monoisotopic (exact) mass is 615 g/mol. The van der Waals surface area contributed by atoms with Gasteiger partial charge in [0, 0.05) is 59.2 Å². The number of benzene rings is 2. The number of amides is 1. The predicted octanol–water partition coefficient (Wildman–Crippen LogP) is 7.63. The number of carbonyl (C=O) groups is 2. The fourth-order valence-electron chi connectivity index (χ4n) is 4.92. The minimum Gasteiger partial charge on any atom is -0.493 e. The van der Waals surface area contributed by atoms with Gasteiger partial charge in [-0.1, -0.05) is 49.8 Å². The quantitative estimate of drug-likeness (QED) is 0.132. The van der Waals surface area contributed by atoms with Crippen LogP contribution < -0.4 is 10.1 Å². The highest BCUT2D eigenvalue weighted by atomic mass is 32.2. The highest BCUT2D eigenvalue weighted by molar-refractivity contribution is 7.99. The second-order valence-corrected chi connectivity index (χ2v) is 12.3. The van der Waals surface area contributed by atoms with Crippen LogP contribution in [0.3, 0.4) is 0 Å². The molecule has 2 N–H and O–H groups in total. The molecular formula is C34H37N3O4S2. The Bertz CT molecular complexity index is 1510. The molecule has 0 fully saturated rings. The molecule has 0 aliphatic carbocycles. The predicted molar refractivity (Wildman–Crippen MR) is 174 cm³/mol. The first-order chi connectivity index (χ1) is 21.1. The Kier molecular flexibility index (Phi) is 12.4. The van der Waals surface area contributed by atoms with Gasteiger partial charge in [-0.05, 0) is 79.2 Å². The summed E-state index contributed by atoms with van der Waals surface area (Å²) in [6, 6.07) is 22.2. The smallest absolute Gasteiger partial charge is 0.290 e. The number of ether oxygens (including phenoxy) is 1. The Hall–Kier alpha value is -3.92.